The van der Waals surface area contributed by atoms with Crippen LogP contribution in [0.2, 0.25) is 0 Å². The van der Waals surface area contributed by atoms with Gasteiger partial charge in [0.1, 0.15) is 0 Å². The van der Waals surface area contributed by atoms with Crippen molar-refractivity contribution in [2.75, 3.05) is 14.1 Å². The summed E-state index contributed by atoms with van der Waals surface area (Å²) in [6.45, 7) is 1.90. The Morgan fingerprint density at radius 2 is 2.13 bits per heavy atom. The molecule has 0 radical (unpaired) electrons. The number of carbonyl (C=O) groups is 1. The number of likely N-dealkylation sites (N-methyl/N-ethyl adjacent to an activating group) is 1. The molecule has 0 aromatic heterocycles. The molecular formula is C12H19NO2. The first-order chi connectivity index (χ1) is 6.97. The maximum atomic E-state index is 11.8. The van der Waals surface area contributed by atoms with E-state index in [-0.39, 0.29) is 17.4 Å². The fraction of sp³-hybridized carbons (Fsp3) is 0.750. The number of hydrogen-bond donors (Lipinski definition) is 1. The molecule has 1 N–H and O–H groups in total. The summed E-state index contributed by atoms with van der Waals surface area (Å²) < 4.78 is 0. The molecule has 3 heteroatoms. The van der Waals surface area contributed by atoms with E-state index in [4.69, 9.17) is 0 Å². The lowest BCUT2D eigenvalue weighted by molar-refractivity contribution is -0.116. The first-order valence-electron chi connectivity index (χ1n) is 5.56. The van der Waals surface area contributed by atoms with E-state index in [1.165, 1.54) is 5.57 Å². The van der Waals surface area contributed by atoms with Crippen LogP contribution in [0.4, 0.5) is 0 Å². The Morgan fingerprint density at radius 1 is 1.47 bits per heavy atom. The maximum absolute atomic E-state index is 11.8. The molecule has 0 aliphatic heterocycles. The predicted molar refractivity (Wildman–Crippen MR) is 58.6 cm³/mol. The van der Waals surface area contributed by atoms with E-state index in [9.17, 15) is 9.90 Å². The third-order valence-electron chi connectivity index (χ3n) is 4.07. The number of carbonyl (C=O) groups excluding carboxylic acids is 1. The number of aliphatic hydroxyl groups is 1. The third-order valence-corrected chi connectivity index (χ3v) is 4.07. The molecule has 0 saturated heterocycles. The molecule has 1 saturated carbocycles. The van der Waals surface area contributed by atoms with Gasteiger partial charge in [-0.25, -0.2) is 0 Å². The molecular weight excluding hydrogens is 190 g/mol. The predicted octanol–water partition coefficient (Wildman–Crippen LogP) is 1.12. The molecule has 2 aliphatic rings. The molecule has 0 aromatic rings. The number of fused-ring (bicyclic) bond motifs is 1. The summed E-state index contributed by atoms with van der Waals surface area (Å²) in [5.74, 6) is 0.257. The van der Waals surface area contributed by atoms with Gasteiger partial charge >= 0.3 is 0 Å². The summed E-state index contributed by atoms with van der Waals surface area (Å²) in [5, 5.41) is 9.69. The number of hydrogen-bond acceptors (Lipinski definition) is 3. The first-order valence-corrected chi connectivity index (χ1v) is 5.56. The highest BCUT2D eigenvalue weighted by Crippen LogP contribution is 2.46. The first kappa shape index (κ1) is 10.8. The van der Waals surface area contributed by atoms with Crippen LogP contribution in [0.3, 0.4) is 0 Å². The van der Waals surface area contributed by atoms with Gasteiger partial charge in [0, 0.05) is 12.0 Å². The van der Waals surface area contributed by atoms with Gasteiger partial charge in [0.2, 0.25) is 0 Å². The summed E-state index contributed by atoms with van der Waals surface area (Å²) in [7, 11) is 4.06. The zero-order valence-electron chi connectivity index (χ0n) is 9.71. The van der Waals surface area contributed by atoms with Gasteiger partial charge in [-0.05, 0) is 51.4 Å². The van der Waals surface area contributed by atoms with Crippen molar-refractivity contribution in [1.29, 1.82) is 0 Å². The Kier molecular flexibility index (Phi) is 2.47. The monoisotopic (exact) mass is 209 g/mol. The quantitative estimate of drug-likeness (QED) is 0.703. The lowest BCUT2D eigenvalue weighted by Gasteiger charge is -2.43. The van der Waals surface area contributed by atoms with Crippen LogP contribution in [0.1, 0.15) is 32.6 Å². The lowest BCUT2D eigenvalue weighted by atomic mass is 9.76. The van der Waals surface area contributed by atoms with Gasteiger partial charge < -0.3 is 5.11 Å². The summed E-state index contributed by atoms with van der Waals surface area (Å²) in [6, 6.07) is 0. The highest BCUT2D eigenvalue weighted by atomic mass is 16.3. The van der Waals surface area contributed by atoms with Gasteiger partial charge in [0.05, 0.1) is 6.10 Å². The second kappa shape index (κ2) is 3.42. The van der Waals surface area contributed by atoms with Gasteiger partial charge in [0.25, 0.3) is 0 Å². The molecule has 1 fully saturated rings. The molecule has 2 rings (SSSR count). The molecule has 2 aliphatic carbocycles. The van der Waals surface area contributed by atoms with E-state index in [2.05, 4.69) is 4.90 Å². The van der Waals surface area contributed by atoms with Gasteiger partial charge in [-0.1, -0.05) is 0 Å². The third kappa shape index (κ3) is 1.45. The molecule has 2 atom stereocenters. The van der Waals surface area contributed by atoms with Gasteiger partial charge in [-0.2, -0.15) is 0 Å². The van der Waals surface area contributed by atoms with Crippen LogP contribution in [0.25, 0.3) is 0 Å². The maximum Gasteiger partial charge on any atom is 0.160 e. The van der Waals surface area contributed by atoms with Crippen LogP contribution >= 0.6 is 0 Å². The average Bonchev–Trinajstić information content (AvgIpc) is 2.42. The van der Waals surface area contributed by atoms with E-state index in [0.717, 1.165) is 18.4 Å². The van der Waals surface area contributed by atoms with Crippen LogP contribution in [0.15, 0.2) is 11.1 Å². The Labute approximate surface area is 90.8 Å². The minimum atomic E-state index is -0.256. The van der Waals surface area contributed by atoms with Crippen LogP contribution in [0.5, 0.6) is 0 Å². The van der Waals surface area contributed by atoms with Crippen molar-refractivity contribution in [3.05, 3.63) is 11.1 Å². The van der Waals surface area contributed by atoms with Crippen molar-refractivity contribution in [2.24, 2.45) is 0 Å². The highest BCUT2D eigenvalue weighted by Gasteiger charge is 2.48. The van der Waals surface area contributed by atoms with Crippen molar-refractivity contribution >= 4 is 5.78 Å². The minimum absolute atomic E-state index is 0.0829. The molecule has 0 unspecified atom stereocenters. The summed E-state index contributed by atoms with van der Waals surface area (Å²) >= 11 is 0. The minimum Gasteiger partial charge on any atom is -0.393 e. The second-order valence-corrected chi connectivity index (χ2v) is 5.03. The molecule has 0 heterocycles. The normalized spacial score (nSPS) is 36.3. The summed E-state index contributed by atoms with van der Waals surface area (Å²) in [5.41, 5.74) is 1.99. The smallest absolute Gasteiger partial charge is 0.160 e. The Hall–Kier alpha value is -0.670. The van der Waals surface area contributed by atoms with E-state index in [0.29, 0.717) is 12.8 Å². The highest BCUT2D eigenvalue weighted by molar-refractivity contribution is 6.00. The zero-order valence-corrected chi connectivity index (χ0v) is 9.71. The molecule has 0 amide bonds. The number of rotatable bonds is 1. The fourth-order valence-corrected chi connectivity index (χ4v) is 3.00. The zero-order chi connectivity index (χ0) is 11.2. The fourth-order valence-electron chi connectivity index (χ4n) is 3.00. The number of ketones is 1. The molecule has 3 nitrogen and oxygen atoms in total. The molecule has 15 heavy (non-hydrogen) atoms. The van der Waals surface area contributed by atoms with Gasteiger partial charge in [0.15, 0.2) is 5.78 Å². The Balaban J connectivity index is 2.43. The number of Topliss-reactive ketones (excluding diaryl/α,β-unsaturated/α-hetero) is 1. The lowest BCUT2D eigenvalue weighted by Crippen LogP contribution is -2.48. The number of allylic oxidation sites excluding steroid dienone is 1. The van der Waals surface area contributed by atoms with Crippen LogP contribution in [-0.2, 0) is 4.79 Å². The van der Waals surface area contributed by atoms with Crippen molar-refractivity contribution in [1.82, 2.24) is 4.90 Å². The number of nitrogens with zero attached hydrogens (tertiary/aromatic N) is 1. The van der Waals surface area contributed by atoms with Gasteiger partial charge in [-0.15, -0.1) is 0 Å². The van der Waals surface area contributed by atoms with Gasteiger partial charge in [-0.3, -0.25) is 9.69 Å². The van der Waals surface area contributed by atoms with E-state index >= 15 is 0 Å². The van der Waals surface area contributed by atoms with E-state index < -0.39 is 0 Å². The second-order valence-electron chi connectivity index (χ2n) is 5.03. The van der Waals surface area contributed by atoms with Crippen molar-refractivity contribution in [2.45, 2.75) is 44.2 Å². The van der Waals surface area contributed by atoms with Crippen LogP contribution in [0, 0.1) is 0 Å². The van der Waals surface area contributed by atoms with E-state index in [1.807, 2.05) is 21.0 Å². The largest absolute Gasteiger partial charge is 0.393 e. The van der Waals surface area contributed by atoms with Crippen molar-refractivity contribution < 1.29 is 9.90 Å². The van der Waals surface area contributed by atoms with Crippen molar-refractivity contribution in [3.8, 4) is 0 Å². The molecule has 0 spiro atoms. The van der Waals surface area contributed by atoms with Crippen LogP contribution in [-0.4, -0.2) is 41.5 Å². The summed E-state index contributed by atoms with van der Waals surface area (Å²) in [6.07, 6.45) is 2.74. The average molecular weight is 209 g/mol. The Bertz CT molecular complexity index is 333. The Morgan fingerprint density at radius 3 is 2.73 bits per heavy atom. The standard InChI is InChI=1S/C12H19NO2/c1-8-10-6-9(14)4-5-12(10,13(2)3)7-11(8)15/h9,14H,4-7H2,1-3H3/t9-,12+/m1/s1. The van der Waals surface area contributed by atoms with Crippen molar-refractivity contribution in [3.63, 3.8) is 0 Å². The molecule has 0 bridgehead atoms. The SMILES string of the molecule is CC1=C2C[C@H](O)CC[C@]2(N(C)C)CC1=O. The summed E-state index contributed by atoms with van der Waals surface area (Å²) in [4.78, 5) is 13.9. The topological polar surface area (TPSA) is 40.5 Å². The number of aliphatic hydroxyl groups excluding tert-OH is 1. The van der Waals surface area contributed by atoms with Crippen LogP contribution < -0.4 is 0 Å². The molecule has 84 valence electrons. The molecule has 0 aromatic carbocycles. The van der Waals surface area contributed by atoms with E-state index in [1.54, 1.807) is 0 Å².